The second kappa shape index (κ2) is 9.19. The van der Waals surface area contributed by atoms with E-state index in [0.717, 1.165) is 33.1 Å². The van der Waals surface area contributed by atoms with Gasteiger partial charge in [-0.2, -0.15) is 0 Å². The molecule has 0 bridgehead atoms. The van der Waals surface area contributed by atoms with Gasteiger partial charge in [0.25, 0.3) is 0 Å². The van der Waals surface area contributed by atoms with Crippen molar-refractivity contribution in [3.63, 3.8) is 0 Å². The normalized spacial score (nSPS) is 16.5. The molecule has 4 aromatic rings. The summed E-state index contributed by atoms with van der Waals surface area (Å²) in [7, 11) is -3.17. The highest BCUT2D eigenvalue weighted by Gasteiger charge is 2.27. The number of ether oxygens (including phenoxy) is 1. The number of sulfonamides is 1. The molecule has 1 N–H and O–H groups in total. The van der Waals surface area contributed by atoms with Crippen molar-refractivity contribution >= 4 is 37.4 Å². The Hall–Kier alpha value is -3.23. The monoisotopic (exact) mass is 476 g/mol. The number of anilines is 1. The van der Waals surface area contributed by atoms with Crippen molar-refractivity contribution in [3.05, 3.63) is 72.6 Å². The second-order valence-corrected chi connectivity index (χ2v) is 10.8. The van der Waals surface area contributed by atoms with Gasteiger partial charge in [-0.05, 0) is 49.4 Å². The van der Waals surface area contributed by atoms with E-state index in [0.29, 0.717) is 31.8 Å². The van der Waals surface area contributed by atoms with E-state index in [4.69, 9.17) is 9.72 Å². The van der Waals surface area contributed by atoms with E-state index in [1.54, 1.807) is 0 Å². The van der Waals surface area contributed by atoms with E-state index in [-0.39, 0.29) is 12.1 Å². The fourth-order valence-corrected chi connectivity index (χ4v) is 5.34. The van der Waals surface area contributed by atoms with Crippen molar-refractivity contribution in [1.29, 1.82) is 0 Å². The lowest BCUT2D eigenvalue weighted by atomic mass is 10.1. The number of fused-ring (bicyclic) bond motifs is 2. The van der Waals surface area contributed by atoms with Crippen LogP contribution in [-0.4, -0.2) is 48.1 Å². The lowest BCUT2D eigenvalue weighted by molar-refractivity contribution is 0.132. The summed E-state index contributed by atoms with van der Waals surface area (Å²) in [6, 6.07) is 20.1. The molecule has 1 saturated heterocycles. The Morgan fingerprint density at radius 3 is 2.50 bits per heavy atom. The van der Waals surface area contributed by atoms with E-state index in [2.05, 4.69) is 35.4 Å². The number of para-hydroxylation sites is 1. The van der Waals surface area contributed by atoms with Crippen molar-refractivity contribution in [3.8, 4) is 5.88 Å². The average Bonchev–Trinajstić information content (AvgIpc) is 2.84. The summed E-state index contributed by atoms with van der Waals surface area (Å²) in [4.78, 5) is 9.35. The lowest BCUT2D eigenvalue weighted by Gasteiger charge is -2.30. The van der Waals surface area contributed by atoms with Gasteiger partial charge in [0.05, 0.1) is 23.5 Å². The zero-order valence-corrected chi connectivity index (χ0v) is 20.1. The van der Waals surface area contributed by atoms with Crippen LogP contribution in [0.4, 0.5) is 5.69 Å². The van der Waals surface area contributed by atoms with Gasteiger partial charge in [0, 0.05) is 35.7 Å². The molecule has 0 amide bonds. The van der Waals surface area contributed by atoms with Gasteiger partial charge in [0.2, 0.25) is 15.9 Å². The number of pyridine rings is 2. The van der Waals surface area contributed by atoms with Crippen LogP contribution in [0.1, 0.15) is 31.5 Å². The Balaban J connectivity index is 1.41. The summed E-state index contributed by atoms with van der Waals surface area (Å²) in [5.41, 5.74) is 2.82. The van der Waals surface area contributed by atoms with Crippen LogP contribution in [0, 0.1) is 0 Å². The molecule has 0 saturated carbocycles. The number of rotatable bonds is 6. The summed E-state index contributed by atoms with van der Waals surface area (Å²) >= 11 is 0. The van der Waals surface area contributed by atoms with Crippen molar-refractivity contribution in [2.24, 2.45) is 0 Å². The van der Waals surface area contributed by atoms with Crippen molar-refractivity contribution in [2.75, 3.05) is 24.7 Å². The maximum Gasteiger partial charge on any atom is 0.221 e. The van der Waals surface area contributed by atoms with E-state index < -0.39 is 10.0 Å². The fourth-order valence-electron chi connectivity index (χ4n) is 4.47. The van der Waals surface area contributed by atoms with Gasteiger partial charge in [-0.25, -0.2) is 17.7 Å². The highest BCUT2D eigenvalue weighted by atomic mass is 32.2. The van der Waals surface area contributed by atoms with Crippen molar-refractivity contribution < 1.29 is 13.2 Å². The molecular formula is C26H28N4O3S. The van der Waals surface area contributed by atoms with Crippen LogP contribution < -0.4 is 10.1 Å². The summed E-state index contributed by atoms with van der Waals surface area (Å²) in [5.74, 6) is 0.596. The topological polar surface area (TPSA) is 84.4 Å². The molecule has 1 fully saturated rings. The second-order valence-electron chi connectivity index (χ2n) is 8.79. The smallest absolute Gasteiger partial charge is 0.221 e. The molecule has 8 heteroatoms. The van der Waals surface area contributed by atoms with Crippen LogP contribution in [-0.2, 0) is 10.0 Å². The highest BCUT2D eigenvalue weighted by molar-refractivity contribution is 7.88. The summed E-state index contributed by atoms with van der Waals surface area (Å²) < 4.78 is 31.6. The van der Waals surface area contributed by atoms with Crippen molar-refractivity contribution in [1.82, 2.24) is 14.3 Å². The van der Waals surface area contributed by atoms with Gasteiger partial charge in [-0.1, -0.05) is 36.4 Å². The number of hydrogen-bond acceptors (Lipinski definition) is 6. The lowest BCUT2D eigenvalue weighted by Crippen LogP contribution is -2.41. The third-order valence-corrected chi connectivity index (χ3v) is 7.64. The minimum Gasteiger partial charge on any atom is -0.474 e. The summed E-state index contributed by atoms with van der Waals surface area (Å²) in [6.45, 7) is 3.02. The zero-order chi connectivity index (χ0) is 23.7. The molecule has 1 atom stereocenters. The maximum atomic E-state index is 11.8. The minimum absolute atomic E-state index is 0.0650. The third-order valence-electron chi connectivity index (χ3n) is 6.34. The SMILES string of the molecule is C[C@H](Nc1ccnc2ccccc12)c1cc2ccccc2c(OC2CCN(S(C)(=O)=O)CC2)n1. The fraction of sp³-hybridized carbons (Fsp3) is 0.308. The van der Waals surface area contributed by atoms with Crippen LogP contribution in [0.2, 0.25) is 0 Å². The molecule has 34 heavy (non-hydrogen) atoms. The third kappa shape index (κ3) is 4.69. The predicted octanol–water partition coefficient (Wildman–Crippen LogP) is 4.76. The number of benzene rings is 2. The number of nitrogens with one attached hydrogen (secondary N) is 1. The van der Waals surface area contributed by atoms with Gasteiger partial charge < -0.3 is 10.1 Å². The standard InChI is InChI=1S/C26H28N4O3S/c1-18(28-24-11-14-27-23-10-6-5-9-22(23)24)25-17-19-7-3-4-8-21(19)26(29-25)33-20-12-15-30(16-13-20)34(2,31)32/h3-11,14,17-18,20H,12-13,15-16H2,1-2H3,(H,27,28)/t18-/m0/s1. The van der Waals surface area contributed by atoms with E-state index in [1.807, 2.05) is 48.7 Å². The molecule has 0 aliphatic carbocycles. The Morgan fingerprint density at radius 1 is 1.03 bits per heavy atom. The van der Waals surface area contributed by atoms with Crippen LogP contribution in [0.5, 0.6) is 5.88 Å². The first-order valence-electron chi connectivity index (χ1n) is 11.5. The molecule has 0 radical (unpaired) electrons. The Bertz CT molecular complexity index is 1430. The van der Waals surface area contributed by atoms with Gasteiger partial charge in [-0.3, -0.25) is 4.98 Å². The van der Waals surface area contributed by atoms with Crippen LogP contribution in [0.15, 0.2) is 66.9 Å². The number of hydrogen-bond donors (Lipinski definition) is 1. The van der Waals surface area contributed by atoms with E-state index >= 15 is 0 Å². The highest BCUT2D eigenvalue weighted by Crippen LogP contribution is 2.31. The molecule has 1 aliphatic rings. The van der Waals surface area contributed by atoms with Gasteiger partial charge in [0.15, 0.2) is 0 Å². The molecular weight excluding hydrogens is 448 g/mol. The average molecular weight is 477 g/mol. The van der Waals surface area contributed by atoms with Gasteiger partial charge >= 0.3 is 0 Å². The van der Waals surface area contributed by atoms with E-state index in [1.165, 1.54) is 10.6 Å². The first kappa shape index (κ1) is 22.6. The Labute approximate surface area is 199 Å². The molecule has 2 aromatic carbocycles. The van der Waals surface area contributed by atoms with Crippen molar-refractivity contribution in [2.45, 2.75) is 31.9 Å². The Morgan fingerprint density at radius 2 is 1.74 bits per heavy atom. The minimum atomic E-state index is -3.17. The zero-order valence-electron chi connectivity index (χ0n) is 19.3. The molecule has 0 unspecified atom stereocenters. The van der Waals surface area contributed by atoms with Crippen LogP contribution in [0.25, 0.3) is 21.7 Å². The predicted molar refractivity (Wildman–Crippen MR) is 136 cm³/mol. The molecule has 0 spiro atoms. The molecule has 3 heterocycles. The van der Waals surface area contributed by atoms with Crippen LogP contribution in [0.3, 0.4) is 0 Å². The molecule has 1 aliphatic heterocycles. The number of nitrogens with zero attached hydrogens (tertiary/aromatic N) is 3. The largest absolute Gasteiger partial charge is 0.474 e. The summed E-state index contributed by atoms with van der Waals surface area (Å²) in [5, 5.41) is 6.67. The van der Waals surface area contributed by atoms with Crippen LogP contribution >= 0.6 is 0 Å². The van der Waals surface area contributed by atoms with E-state index in [9.17, 15) is 8.42 Å². The Kier molecular flexibility index (Phi) is 6.10. The quantitative estimate of drug-likeness (QED) is 0.432. The molecule has 176 valence electrons. The molecule has 7 nitrogen and oxygen atoms in total. The number of piperidine rings is 1. The summed E-state index contributed by atoms with van der Waals surface area (Å²) in [6.07, 6.45) is 4.28. The number of aromatic nitrogens is 2. The van der Waals surface area contributed by atoms with Gasteiger partial charge in [0.1, 0.15) is 6.10 Å². The first-order chi connectivity index (χ1) is 16.4. The molecule has 5 rings (SSSR count). The first-order valence-corrected chi connectivity index (χ1v) is 13.3. The van der Waals surface area contributed by atoms with Gasteiger partial charge in [-0.15, -0.1) is 0 Å². The maximum absolute atomic E-state index is 11.8. The molecule has 2 aromatic heterocycles.